The van der Waals surface area contributed by atoms with Crippen molar-refractivity contribution in [3.8, 4) is 0 Å². The third kappa shape index (κ3) is 4.91. The van der Waals surface area contributed by atoms with E-state index in [1.807, 2.05) is 30.3 Å². The molecule has 0 aliphatic heterocycles. The lowest BCUT2D eigenvalue weighted by Gasteiger charge is -2.05. The summed E-state index contributed by atoms with van der Waals surface area (Å²) in [5.41, 5.74) is 1.48. The van der Waals surface area contributed by atoms with Crippen molar-refractivity contribution < 1.29 is 9.59 Å². The quantitative estimate of drug-likeness (QED) is 0.241. The molecular formula is C24H21N5O4S. The number of ketones is 1. The molecule has 172 valence electrons. The maximum atomic E-state index is 12.3. The summed E-state index contributed by atoms with van der Waals surface area (Å²) in [6, 6.07) is 16.1. The Bertz CT molecular complexity index is 1520. The molecule has 0 bridgehead atoms. The van der Waals surface area contributed by atoms with Crippen molar-refractivity contribution in [2.75, 3.05) is 11.1 Å². The SMILES string of the molecule is Cn1c(=O)c2[nH]c(SCC(=O)Nc3ccc(C(=O)/C=C/c4ccccc4)cc3)nc2n(C)c1=O. The summed E-state index contributed by atoms with van der Waals surface area (Å²) >= 11 is 1.11. The van der Waals surface area contributed by atoms with Crippen LogP contribution < -0.4 is 16.6 Å². The Morgan fingerprint density at radius 2 is 1.74 bits per heavy atom. The van der Waals surface area contributed by atoms with E-state index in [0.29, 0.717) is 16.4 Å². The lowest BCUT2D eigenvalue weighted by molar-refractivity contribution is -0.113. The minimum Gasteiger partial charge on any atom is -0.327 e. The van der Waals surface area contributed by atoms with Gasteiger partial charge in [-0.25, -0.2) is 9.78 Å². The number of hydrogen-bond donors (Lipinski definition) is 2. The van der Waals surface area contributed by atoms with Crippen LogP contribution in [0.25, 0.3) is 17.2 Å². The van der Waals surface area contributed by atoms with Crippen molar-refractivity contribution in [1.29, 1.82) is 0 Å². The number of aryl methyl sites for hydroxylation is 1. The highest BCUT2D eigenvalue weighted by Gasteiger charge is 2.14. The van der Waals surface area contributed by atoms with Gasteiger partial charge in [0.15, 0.2) is 22.1 Å². The number of rotatable bonds is 7. The lowest BCUT2D eigenvalue weighted by atomic mass is 10.1. The highest BCUT2D eigenvalue weighted by Crippen LogP contribution is 2.18. The normalized spacial score (nSPS) is 11.2. The smallest absolute Gasteiger partial charge is 0.327 e. The van der Waals surface area contributed by atoms with Crippen LogP contribution in [0.2, 0.25) is 0 Å². The maximum Gasteiger partial charge on any atom is 0.332 e. The first-order valence-electron chi connectivity index (χ1n) is 10.3. The largest absolute Gasteiger partial charge is 0.332 e. The number of nitrogens with one attached hydrogen (secondary N) is 2. The topological polar surface area (TPSA) is 119 Å². The molecule has 9 nitrogen and oxygen atoms in total. The third-order valence-corrected chi connectivity index (χ3v) is 5.97. The molecule has 1 amide bonds. The zero-order valence-electron chi connectivity index (χ0n) is 18.4. The van der Waals surface area contributed by atoms with Crippen molar-refractivity contribution in [1.82, 2.24) is 19.1 Å². The Morgan fingerprint density at radius 1 is 1.03 bits per heavy atom. The van der Waals surface area contributed by atoms with Gasteiger partial charge in [-0.3, -0.25) is 23.5 Å². The van der Waals surface area contributed by atoms with Crippen LogP contribution in [-0.2, 0) is 18.9 Å². The Balaban J connectivity index is 1.36. The molecule has 2 N–H and O–H groups in total. The van der Waals surface area contributed by atoms with Gasteiger partial charge in [-0.15, -0.1) is 0 Å². The Hall–Kier alpha value is -4.18. The minimum absolute atomic E-state index is 0.0363. The van der Waals surface area contributed by atoms with Crippen LogP contribution in [0.4, 0.5) is 5.69 Å². The molecule has 0 saturated carbocycles. The van der Waals surface area contributed by atoms with Crippen molar-refractivity contribution in [3.63, 3.8) is 0 Å². The van der Waals surface area contributed by atoms with Crippen LogP contribution >= 0.6 is 11.8 Å². The predicted molar refractivity (Wildman–Crippen MR) is 132 cm³/mol. The lowest BCUT2D eigenvalue weighted by Crippen LogP contribution is -2.36. The number of thioether (sulfide) groups is 1. The van der Waals surface area contributed by atoms with Crippen LogP contribution in [0.15, 0.2) is 75.4 Å². The van der Waals surface area contributed by atoms with Gasteiger partial charge in [0.05, 0.1) is 5.75 Å². The highest BCUT2D eigenvalue weighted by molar-refractivity contribution is 7.99. The molecule has 0 unspecified atom stereocenters. The van der Waals surface area contributed by atoms with Gasteiger partial charge in [0, 0.05) is 25.3 Å². The average Bonchev–Trinajstić information content (AvgIpc) is 3.29. The number of carbonyl (C=O) groups is 2. The number of anilines is 1. The fourth-order valence-corrected chi connectivity index (χ4v) is 3.92. The second-order valence-electron chi connectivity index (χ2n) is 7.47. The zero-order chi connectivity index (χ0) is 24.2. The van der Waals surface area contributed by atoms with Crippen molar-refractivity contribution >= 4 is 46.4 Å². The van der Waals surface area contributed by atoms with E-state index in [2.05, 4.69) is 15.3 Å². The number of benzene rings is 2. The van der Waals surface area contributed by atoms with E-state index >= 15 is 0 Å². The molecule has 34 heavy (non-hydrogen) atoms. The number of allylic oxidation sites excluding steroid dienone is 1. The molecule has 0 spiro atoms. The first kappa shape index (κ1) is 23.0. The summed E-state index contributed by atoms with van der Waals surface area (Å²) in [5, 5.41) is 3.12. The third-order valence-electron chi connectivity index (χ3n) is 5.09. The van der Waals surface area contributed by atoms with Gasteiger partial charge < -0.3 is 10.3 Å². The number of fused-ring (bicyclic) bond motifs is 1. The number of imidazole rings is 1. The average molecular weight is 476 g/mol. The Labute approximate surface area is 198 Å². The fourth-order valence-electron chi connectivity index (χ4n) is 3.25. The number of aromatic nitrogens is 4. The van der Waals surface area contributed by atoms with Gasteiger partial charge in [-0.1, -0.05) is 48.2 Å². The summed E-state index contributed by atoms with van der Waals surface area (Å²) in [4.78, 5) is 56.1. The number of carbonyl (C=O) groups excluding carboxylic acids is 2. The Morgan fingerprint density at radius 3 is 2.44 bits per heavy atom. The molecule has 0 fully saturated rings. The van der Waals surface area contributed by atoms with E-state index in [0.717, 1.165) is 21.9 Å². The van der Waals surface area contributed by atoms with Gasteiger partial charge in [0.2, 0.25) is 5.91 Å². The second kappa shape index (κ2) is 9.75. The van der Waals surface area contributed by atoms with E-state index in [9.17, 15) is 19.2 Å². The second-order valence-corrected chi connectivity index (χ2v) is 8.43. The predicted octanol–water partition coefficient (Wildman–Crippen LogP) is 2.59. The van der Waals surface area contributed by atoms with E-state index in [-0.39, 0.29) is 28.6 Å². The minimum atomic E-state index is -0.477. The summed E-state index contributed by atoms with van der Waals surface area (Å²) in [7, 11) is 2.92. The van der Waals surface area contributed by atoms with Crippen molar-refractivity contribution in [2.24, 2.45) is 14.1 Å². The molecule has 0 aliphatic carbocycles. The monoisotopic (exact) mass is 475 g/mol. The van der Waals surface area contributed by atoms with Gasteiger partial charge in [-0.05, 0) is 35.9 Å². The molecule has 2 aromatic carbocycles. The Kier molecular flexibility index (Phi) is 6.60. The van der Waals surface area contributed by atoms with Crippen molar-refractivity contribution in [3.05, 3.63) is 92.6 Å². The number of H-pyrrole nitrogens is 1. The number of aromatic amines is 1. The molecule has 4 rings (SSSR count). The van der Waals surface area contributed by atoms with Crippen LogP contribution in [0.1, 0.15) is 15.9 Å². The molecule has 2 heterocycles. The summed E-state index contributed by atoms with van der Waals surface area (Å²) in [6.45, 7) is 0. The highest BCUT2D eigenvalue weighted by atomic mass is 32.2. The fraction of sp³-hybridized carbons (Fsp3) is 0.125. The van der Waals surface area contributed by atoms with E-state index in [1.54, 1.807) is 30.3 Å². The summed E-state index contributed by atoms with van der Waals surface area (Å²) in [5.74, 6) is -0.382. The van der Waals surface area contributed by atoms with Crippen LogP contribution in [-0.4, -0.2) is 36.5 Å². The summed E-state index contributed by atoms with van der Waals surface area (Å²) < 4.78 is 2.27. The number of amides is 1. The van der Waals surface area contributed by atoms with E-state index < -0.39 is 11.2 Å². The van der Waals surface area contributed by atoms with Crippen LogP contribution in [0.3, 0.4) is 0 Å². The molecule has 0 saturated heterocycles. The number of nitrogens with zero attached hydrogens (tertiary/aromatic N) is 3. The van der Waals surface area contributed by atoms with Gasteiger partial charge in [-0.2, -0.15) is 0 Å². The van der Waals surface area contributed by atoms with Crippen LogP contribution in [0.5, 0.6) is 0 Å². The van der Waals surface area contributed by atoms with Gasteiger partial charge in [0.25, 0.3) is 5.56 Å². The number of hydrogen-bond acceptors (Lipinski definition) is 6. The standard InChI is InChI=1S/C24H21N5O4S/c1-28-21-20(22(32)29(2)24(28)33)26-23(27-21)34-14-19(31)25-17-11-9-16(10-12-17)18(30)13-8-15-6-4-3-5-7-15/h3-13H,14H2,1-2H3,(H,25,31)(H,26,27)/b13-8+. The molecule has 2 aromatic heterocycles. The van der Waals surface area contributed by atoms with E-state index in [1.165, 1.54) is 24.7 Å². The molecule has 0 aliphatic rings. The first-order chi connectivity index (χ1) is 16.3. The molecule has 0 radical (unpaired) electrons. The zero-order valence-corrected chi connectivity index (χ0v) is 19.3. The molecule has 10 heteroatoms. The van der Waals surface area contributed by atoms with Crippen molar-refractivity contribution in [2.45, 2.75) is 5.16 Å². The molecule has 4 aromatic rings. The summed E-state index contributed by atoms with van der Waals surface area (Å²) in [6.07, 6.45) is 3.26. The molecular weight excluding hydrogens is 454 g/mol. The van der Waals surface area contributed by atoms with Gasteiger partial charge >= 0.3 is 5.69 Å². The molecule has 0 atom stereocenters. The van der Waals surface area contributed by atoms with Gasteiger partial charge in [0.1, 0.15) is 0 Å². The first-order valence-corrected chi connectivity index (χ1v) is 11.3. The van der Waals surface area contributed by atoms with Crippen LogP contribution in [0, 0.1) is 0 Å². The maximum absolute atomic E-state index is 12.3. The van der Waals surface area contributed by atoms with E-state index in [4.69, 9.17) is 0 Å².